The highest BCUT2D eigenvalue weighted by Gasteiger charge is 2.25. The van der Waals surface area contributed by atoms with Crippen molar-refractivity contribution in [3.05, 3.63) is 42.0 Å². The molecule has 0 aliphatic rings. The van der Waals surface area contributed by atoms with Gasteiger partial charge in [-0.2, -0.15) is 0 Å². The zero-order valence-corrected chi connectivity index (χ0v) is 12.6. The summed E-state index contributed by atoms with van der Waals surface area (Å²) in [6.07, 6.45) is 2.85. The number of benzene rings is 1. The monoisotopic (exact) mass is 262 g/mol. The highest BCUT2D eigenvalue weighted by molar-refractivity contribution is 6.84. The van der Waals surface area contributed by atoms with Crippen molar-refractivity contribution in [3.63, 3.8) is 0 Å². The molecule has 0 heterocycles. The Morgan fingerprint density at radius 3 is 2.50 bits per heavy atom. The minimum absolute atomic E-state index is 0.269. The lowest BCUT2D eigenvalue weighted by molar-refractivity contribution is -0.104. The molecule has 18 heavy (non-hydrogen) atoms. The maximum absolute atomic E-state index is 10.6. The molecule has 3 heteroatoms. The van der Waals surface area contributed by atoms with Crippen LogP contribution < -0.4 is 5.19 Å². The topological polar surface area (TPSA) is 26.3 Å². The first-order valence-corrected chi connectivity index (χ1v) is 9.19. The summed E-state index contributed by atoms with van der Waals surface area (Å²) in [5, 5.41) is 1.30. The van der Waals surface area contributed by atoms with Crippen molar-refractivity contribution in [1.82, 2.24) is 0 Å². The number of aldehydes is 1. The van der Waals surface area contributed by atoms with Gasteiger partial charge in [-0.25, -0.2) is 0 Å². The number of hydrogen-bond acceptors (Lipinski definition) is 2. The number of hydrogen-bond donors (Lipinski definition) is 0. The van der Waals surface area contributed by atoms with E-state index in [1.807, 2.05) is 31.2 Å². The smallest absolute Gasteiger partial charge is 0.218 e. The quantitative estimate of drug-likeness (QED) is 0.448. The van der Waals surface area contributed by atoms with Crippen molar-refractivity contribution in [2.24, 2.45) is 5.92 Å². The molecule has 0 saturated carbocycles. The summed E-state index contributed by atoms with van der Waals surface area (Å²) in [6, 6.07) is 10.4. The molecule has 0 amide bonds. The van der Waals surface area contributed by atoms with Crippen molar-refractivity contribution in [3.8, 4) is 0 Å². The summed E-state index contributed by atoms with van der Waals surface area (Å²) < 4.78 is 6.10. The van der Waals surface area contributed by atoms with Crippen LogP contribution in [0.2, 0.25) is 13.1 Å². The SMILES string of the molecule is C/C(C=O)=C\[C@@H](C)CO[Si](C)(C)c1ccccc1. The Morgan fingerprint density at radius 1 is 1.33 bits per heavy atom. The first-order valence-electron chi connectivity index (χ1n) is 6.29. The minimum Gasteiger partial charge on any atom is -0.412 e. The molecule has 1 rings (SSSR count). The Kier molecular flexibility index (Phi) is 5.50. The van der Waals surface area contributed by atoms with E-state index in [9.17, 15) is 4.79 Å². The van der Waals surface area contributed by atoms with Crippen LogP contribution >= 0.6 is 0 Å². The molecule has 0 radical (unpaired) electrons. The standard InChI is InChI=1S/C15H22O2Si/c1-13(11-16)10-14(2)12-17-18(3,4)15-8-6-5-7-9-15/h5-11,14H,12H2,1-4H3/b13-10+/t14-/m1/s1. The van der Waals surface area contributed by atoms with Crippen LogP contribution in [0.5, 0.6) is 0 Å². The summed E-state index contributed by atoms with van der Waals surface area (Å²) in [5.74, 6) is 0.269. The number of carbonyl (C=O) groups excluding carboxylic acids is 1. The van der Waals surface area contributed by atoms with E-state index in [0.717, 1.165) is 11.9 Å². The second-order valence-electron chi connectivity index (χ2n) is 5.19. The predicted molar refractivity (Wildman–Crippen MR) is 78.5 cm³/mol. The molecule has 0 aliphatic heterocycles. The van der Waals surface area contributed by atoms with Gasteiger partial charge >= 0.3 is 0 Å². The normalized spacial score (nSPS) is 14.3. The van der Waals surface area contributed by atoms with E-state index in [4.69, 9.17) is 4.43 Å². The van der Waals surface area contributed by atoms with Gasteiger partial charge in [-0.1, -0.05) is 43.3 Å². The lowest BCUT2D eigenvalue weighted by atomic mass is 10.1. The molecule has 0 bridgehead atoms. The van der Waals surface area contributed by atoms with E-state index < -0.39 is 8.32 Å². The van der Waals surface area contributed by atoms with Gasteiger partial charge in [0.05, 0.1) is 0 Å². The first-order chi connectivity index (χ1) is 8.45. The molecular weight excluding hydrogens is 240 g/mol. The average Bonchev–Trinajstić information content (AvgIpc) is 2.37. The maximum Gasteiger partial charge on any atom is 0.218 e. The van der Waals surface area contributed by atoms with Gasteiger partial charge in [0.2, 0.25) is 8.32 Å². The number of allylic oxidation sites excluding steroid dienone is 1. The maximum atomic E-state index is 10.6. The third-order valence-corrected chi connectivity index (χ3v) is 5.52. The van der Waals surface area contributed by atoms with Crippen molar-refractivity contribution in [2.75, 3.05) is 6.61 Å². The molecule has 0 aliphatic carbocycles. The molecule has 0 fully saturated rings. The number of rotatable bonds is 6. The van der Waals surface area contributed by atoms with Gasteiger partial charge in [-0.3, -0.25) is 4.79 Å². The van der Waals surface area contributed by atoms with Gasteiger partial charge in [0, 0.05) is 6.61 Å². The molecule has 1 atom stereocenters. The Hall–Kier alpha value is -1.19. The zero-order valence-electron chi connectivity index (χ0n) is 11.6. The Balaban J connectivity index is 2.60. The Bertz CT molecular complexity index is 410. The second kappa shape index (κ2) is 6.66. The molecule has 98 valence electrons. The van der Waals surface area contributed by atoms with Crippen LogP contribution in [0, 0.1) is 5.92 Å². The predicted octanol–water partition coefficient (Wildman–Crippen LogP) is 2.90. The van der Waals surface area contributed by atoms with Gasteiger partial charge in [-0.15, -0.1) is 0 Å². The lowest BCUT2D eigenvalue weighted by Crippen LogP contribution is -2.45. The zero-order chi connectivity index (χ0) is 13.6. The van der Waals surface area contributed by atoms with Gasteiger partial charge in [0.15, 0.2) is 0 Å². The van der Waals surface area contributed by atoms with Crippen LogP contribution in [0.3, 0.4) is 0 Å². The highest BCUT2D eigenvalue weighted by Crippen LogP contribution is 2.09. The highest BCUT2D eigenvalue weighted by atomic mass is 28.4. The summed E-state index contributed by atoms with van der Waals surface area (Å²) in [7, 11) is -1.82. The third-order valence-electron chi connectivity index (χ3n) is 2.91. The fourth-order valence-electron chi connectivity index (χ4n) is 1.80. The summed E-state index contributed by atoms with van der Waals surface area (Å²) in [6.45, 7) is 8.96. The molecule has 1 aromatic rings. The molecular formula is C15H22O2Si. The molecule has 0 N–H and O–H groups in total. The molecule has 0 aromatic heterocycles. The van der Waals surface area contributed by atoms with Gasteiger partial charge in [0.25, 0.3) is 0 Å². The van der Waals surface area contributed by atoms with E-state index in [2.05, 4.69) is 32.2 Å². The van der Waals surface area contributed by atoms with Crippen molar-refractivity contribution in [2.45, 2.75) is 26.9 Å². The minimum atomic E-state index is -1.82. The Labute approximate surface area is 111 Å². The van der Waals surface area contributed by atoms with Crippen LogP contribution in [0.15, 0.2) is 42.0 Å². The molecule has 0 saturated heterocycles. The summed E-state index contributed by atoms with van der Waals surface area (Å²) in [5.41, 5.74) is 0.769. The molecule has 1 aromatic carbocycles. The van der Waals surface area contributed by atoms with Crippen molar-refractivity contribution in [1.29, 1.82) is 0 Å². The molecule has 2 nitrogen and oxygen atoms in total. The molecule has 0 spiro atoms. The third kappa shape index (κ3) is 4.59. The van der Waals surface area contributed by atoms with E-state index in [-0.39, 0.29) is 5.92 Å². The van der Waals surface area contributed by atoms with Gasteiger partial charge in [-0.05, 0) is 36.7 Å². The van der Waals surface area contributed by atoms with E-state index >= 15 is 0 Å². The second-order valence-corrected chi connectivity index (χ2v) is 9.08. The van der Waals surface area contributed by atoms with Crippen LogP contribution in [-0.2, 0) is 9.22 Å². The summed E-state index contributed by atoms with van der Waals surface area (Å²) in [4.78, 5) is 10.6. The average molecular weight is 262 g/mol. The van der Waals surface area contributed by atoms with E-state index in [1.165, 1.54) is 5.19 Å². The van der Waals surface area contributed by atoms with E-state index in [1.54, 1.807) is 0 Å². The van der Waals surface area contributed by atoms with Gasteiger partial charge in [0.1, 0.15) is 6.29 Å². The fraction of sp³-hybridized carbons (Fsp3) is 0.400. The van der Waals surface area contributed by atoms with Crippen LogP contribution in [0.25, 0.3) is 0 Å². The Morgan fingerprint density at radius 2 is 1.94 bits per heavy atom. The largest absolute Gasteiger partial charge is 0.412 e. The fourth-order valence-corrected chi connectivity index (χ4v) is 3.64. The number of carbonyl (C=O) groups is 1. The van der Waals surface area contributed by atoms with Crippen LogP contribution in [0.1, 0.15) is 13.8 Å². The van der Waals surface area contributed by atoms with E-state index in [0.29, 0.717) is 6.61 Å². The lowest BCUT2D eigenvalue weighted by Gasteiger charge is -2.24. The van der Waals surface area contributed by atoms with Crippen LogP contribution in [-0.4, -0.2) is 21.2 Å². The van der Waals surface area contributed by atoms with Gasteiger partial charge < -0.3 is 4.43 Å². The van der Waals surface area contributed by atoms with Crippen molar-refractivity contribution < 1.29 is 9.22 Å². The molecule has 0 unspecified atom stereocenters. The summed E-state index contributed by atoms with van der Waals surface area (Å²) >= 11 is 0. The van der Waals surface area contributed by atoms with Crippen molar-refractivity contribution >= 4 is 19.8 Å². The first kappa shape index (κ1) is 14.9. The van der Waals surface area contributed by atoms with Crippen LogP contribution in [0.4, 0.5) is 0 Å².